The van der Waals surface area contributed by atoms with E-state index in [1.807, 2.05) is 13.8 Å². The first kappa shape index (κ1) is 20.7. The zero-order valence-corrected chi connectivity index (χ0v) is 15.5. The van der Waals surface area contributed by atoms with Crippen LogP contribution in [0, 0.1) is 17.8 Å². The van der Waals surface area contributed by atoms with Gasteiger partial charge in [-0.2, -0.15) is 5.48 Å². The van der Waals surface area contributed by atoms with Crippen molar-refractivity contribution in [1.29, 1.82) is 0 Å². The van der Waals surface area contributed by atoms with Crippen LogP contribution >= 0.6 is 0 Å². The van der Waals surface area contributed by atoms with E-state index in [0.717, 1.165) is 12.3 Å². The van der Waals surface area contributed by atoms with E-state index in [4.69, 9.17) is 9.57 Å². The lowest BCUT2D eigenvalue weighted by Gasteiger charge is -2.20. The summed E-state index contributed by atoms with van der Waals surface area (Å²) in [6.45, 7) is 7.47. The molecule has 0 aromatic heterocycles. The number of carbonyl (C=O) groups is 2. The Kier molecular flexibility index (Phi) is 9.69. The second kappa shape index (κ2) is 11.2. The molecule has 0 aromatic rings. The molecule has 0 aromatic carbocycles. The summed E-state index contributed by atoms with van der Waals surface area (Å²) in [5.41, 5.74) is 2.12. The number of esters is 1. The third kappa shape index (κ3) is 8.48. The number of nitrogens with one attached hydrogen (secondary N) is 1. The lowest BCUT2D eigenvalue weighted by molar-refractivity contribution is -0.145. The van der Waals surface area contributed by atoms with Gasteiger partial charge in [-0.25, -0.2) is 4.79 Å². The van der Waals surface area contributed by atoms with Gasteiger partial charge < -0.3 is 4.74 Å². The number of ether oxygens (including phenoxy) is 1. The van der Waals surface area contributed by atoms with Gasteiger partial charge in [0.1, 0.15) is 0 Å². The third-order valence-electron chi connectivity index (χ3n) is 4.43. The van der Waals surface area contributed by atoms with Crippen LogP contribution in [0.3, 0.4) is 0 Å². The van der Waals surface area contributed by atoms with Gasteiger partial charge in [0.25, 0.3) is 0 Å². The maximum atomic E-state index is 12.2. The summed E-state index contributed by atoms with van der Waals surface area (Å²) in [5.74, 6) is 0.0728. The summed E-state index contributed by atoms with van der Waals surface area (Å²) in [7, 11) is 0. The highest BCUT2D eigenvalue weighted by Crippen LogP contribution is 2.27. The molecule has 1 atom stereocenters. The topological polar surface area (TPSA) is 64.6 Å². The van der Waals surface area contributed by atoms with Crippen molar-refractivity contribution in [1.82, 2.24) is 5.48 Å². The minimum Gasteiger partial charge on any atom is -0.375 e. The molecule has 0 saturated heterocycles. The molecule has 1 aliphatic rings. The Bertz CT molecular complexity index is 412. The number of hydroxylamine groups is 1. The first-order chi connectivity index (χ1) is 11.4. The average molecular weight is 339 g/mol. The van der Waals surface area contributed by atoms with Crippen molar-refractivity contribution in [2.75, 3.05) is 0 Å². The van der Waals surface area contributed by atoms with Crippen LogP contribution in [0.1, 0.15) is 72.6 Å². The number of rotatable bonds is 8. The quantitative estimate of drug-likeness (QED) is 0.299. The molecule has 138 valence electrons. The smallest absolute Gasteiger partial charge is 0.375 e. The predicted octanol–water partition coefficient (Wildman–Crippen LogP) is 4.77. The Morgan fingerprint density at radius 3 is 2.33 bits per heavy atom. The molecule has 5 heteroatoms. The highest BCUT2D eigenvalue weighted by Gasteiger charge is 2.25. The van der Waals surface area contributed by atoms with Crippen LogP contribution < -0.4 is 5.48 Å². The van der Waals surface area contributed by atoms with Crippen LogP contribution in [0.5, 0.6) is 0 Å². The van der Waals surface area contributed by atoms with Crippen molar-refractivity contribution in [3.63, 3.8) is 0 Å². The van der Waals surface area contributed by atoms with Crippen LogP contribution in [0.15, 0.2) is 12.2 Å². The molecule has 1 N–H and O–H groups in total. The highest BCUT2D eigenvalue weighted by molar-refractivity contribution is 5.85. The van der Waals surface area contributed by atoms with E-state index < -0.39 is 12.1 Å². The fourth-order valence-electron chi connectivity index (χ4n) is 2.95. The molecule has 1 amide bonds. The normalized spacial score (nSPS) is 17.4. The lowest BCUT2D eigenvalue weighted by atomic mass is 9.86. The van der Waals surface area contributed by atoms with E-state index in [1.54, 1.807) is 13.8 Å². The molecule has 0 bridgehead atoms. The molecule has 5 nitrogen and oxygen atoms in total. The molecule has 1 rings (SSSR count). The summed E-state index contributed by atoms with van der Waals surface area (Å²) in [5, 5.41) is 0. The minimum atomic E-state index is -0.856. The molecule has 1 fully saturated rings. The molecule has 1 saturated carbocycles. The van der Waals surface area contributed by atoms with Gasteiger partial charge in [0, 0.05) is 0 Å². The molecule has 0 radical (unpaired) electrons. The van der Waals surface area contributed by atoms with E-state index in [1.165, 1.54) is 32.1 Å². The molecule has 0 spiro atoms. The van der Waals surface area contributed by atoms with E-state index in [9.17, 15) is 9.59 Å². The molecule has 1 aliphatic carbocycles. The Labute approximate surface area is 146 Å². The number of carbonyl (C=O) groups excluding carboxylic acids is 2. The standard InChI is InChI=1S/C19H33NO4/c1-14(2)17(18(21)23-19(22)20-24-15(3)4)13-9-8-12-16-10-6-5-7-11-16/h8-9,14-17H,5-7,10-13H2,1-4H3,(H,20,22). The maximum absolute atomic E-state index is 12.2. The zero-order chi connectivity index (χ0) is 17.9. The van der Waals surface area contributed by atoms with E-state index in [-0.39, 0.29) is 17.9 Å². The molecule has 24 heavy (non-hydrogen) atoms. The van der Waals surface area contributed by atoms with Gasteiger partial charge in [0.15, 0.2) is 0 Å². The molecular weight excluding hydrogens is 306 g/mol. The van der Waals surface area contributed by atoms with Crippen molar-refractivity contribution in [2.24, 2.45) is 17.8 Å². The van der Waals surface area contributed by atoms with Crippen LogP contribution in [-0.4, -0.2) is 18.2 Å². The lowest BCUT2D eigenvalue weighted by Crippen LogP contribution is -2.33. The van der Waals surface area contributed by atoms with Crippen LogP contribution in [0.4, 0.5) is 4.79 Å². The van der Waals surface area contributed by atoms with E-state index in [0.29, 0.717) is 6.42 Å². The third-order valence-corrected chi connectivity index (χ3v) is 4.43. The molecule has 0 aliphatic heterocycles. The second-order valence-electron chi connectivity index (χ2n) is 7.27. The van der Waals surface area contributed by atoms with Crippen molar-refractivity contribution < 1.29 is 19.2 Å². The summed E-state index contributed by atoms with van der Waals surface area (Å²) in [4.78, 5) is 28.6. The Hall–Kier alpha value is -1.36. The van der Waals surface area contributed by atoms with E-state index in [2.05, 4.69) is 17.6 Å². The van der Waals surface area contributed by atoms with Crippen molar-refractivity contribution in [2.45, 2.75) is 78.7 Å². The SMILES string of the molecule is CC(C)ONC(=O)OC(=O)C(CC=CCC1CCCCC1)C(C)C. The average Bonchev–Trinajstić information content (AvgIpc) is 2.53. The fraction of sp³-hybridized carbons (Fsp3) is 0.789. The van der Waals surface area contributed by atoms with Crippen LogP contribution in [-0.2, 0) is 14.4 Å². The Balaban J connectivity index is 2.38. The first-order valence-corrected chi connectivity index (χ1v) is 9.22. The number of amides is 1. The predicted molar refractivity (Wildman–Crippen MR) is 94.1 cm³/mol. The molecule has 1 unspecified atom stereocenters. The van der Waals surface area contributed by atoms with Gasteiger partial charge in [-0.05, 0) is 38.5 Å². The van der Waals surface area contributed by atoms with Crippen LogP contribution in [0.2, 0.25) is 0 Å². The summed E-state index contributed by atoms with van der Waals surface area (Å²) in [6, 6.07) is 0. The summed E-state index contributed by atoms with van der Waals surface area (Å²) >= 11 is 0. The second-order valence-corrected chi connectivity index (χ2v) is 7.27. The van der Waals surface area contributed by atoms with Gasteiger partial charge in [0.2, 0.25) is 0 Å². The van der Waals surface area contributed by atoms with Crippen molar-refractivity contribution in [3.05, 3.63) is 12.2 Å². The Morgan fingerprint density at radius 1 is 1.08 bits per heavy atom. The molecular formula is C19H33NO4. The van der Waals surface area contributed by atoms with Gasteiger partial charge >= 0.3 is 12.1 Å². The fourth-order valence-corrected chi connectivity index (χ4v) is 2.95. The van der Waals surface area contributed by atoms with Gasteiger partial charge in [-0.1, -0.05) is 58.1 Å². The minimum absolute atomic E-state index is 0.107. The van der Waals surface area contributed by atoms with Crippen LogP contribution in [0.25, 0.3) is 0 Å². The van der Waals surface area contributed by atoms with Crippen molar-refractivity contribution in [3.8, 4) is 0 Å². The Morgan fingerprint density at radius 2 is 1.75 bits per heavy atom. The van der Waals surface area contributed by atoms with Gasteiger partial charge in [0.05, 0.1) is 12.0 Å². The molecule has 0 heterocycles. The first-order valence-electron chi connectivity index (χ1n) is 9.22. The summed E-state index contributed by atoms with van der Waals surface area (Å²) in [6.07, 6.45) is 11.6. The highest BCUT2D eigenvalue weighted by atomic mass is 16.7. The number of hydrogen-bond acceptors (Lipinski definition) is 4. The largest absolute Gasteiger partial charge is 0.439 e. The number of hydrogen-bond donors (Lipinski definition) is 1. The zero-order valence-electron chi connectivity index (χ0n) is 15.5. The maximum Gasteiger partial charge on any atom is 0.439 e. The van der Waals surface area contributed by atoms with E-state index >= 15 is 0 Å². The van der Waals surface area contributed by atoms with Gasteiger partial charge in [-0.15, -0.1) is 0 Å². The van der Waals surface area contributed by atoms with Gasteiger partial charge in [-0.3, -0.25) is 9.63 Å². The van der Waals surface area contributed by atoms with Crippen molar-refractivity contribution >= 4 is 12.1 Å². The monoisotopic (exact) mass is 339 g/mol. The summed E-state index contributed by atoms with van der Waals surface area (Å²) < 4.78 is 4.82. The number of allylic oxidation sites excluding steroid dienone is 2.